The van der Waals surface area contributed by atoms with Crippen LogP contribution in [0, 0.1) is 33.9 Å². The molecule has 0 aliphatic carbocycles. The molecule has 0 aliphatic rings. The van der Waals surface area contributed by atoms with E-state index in [-0.39, 0.29) is 9.13 Å². The molecule has 0 heterocycles. The van der Waals surface area contributed by atoms with Crippen molar-refractivity contribution in [2.75, 3.05) is 0 Å². The molecule has 0 fully saturated rings. The summed E-state index contributed by atoms with van der Waals surface area (Å²) in [6, 6.07) is 1.79. The maximum absolute atomic E-state index is 10.7. The molecule has 1 aromatic rings. The standard InChI is InChI=1S/C7H4IN3O6/c8-6-1-4(10(14)15)2-7(11(16)17)5(6)3-9(12)13/h1-2H,3H2. The average molecular weight is 353 g/mol. The lowest BCUT2D eigenvalue weighted by atomic mass is 10.1. The van der Waals surface area contributed by atoms with E-state index >= 15 is 0 Å². The van der Waals surface area contributed by atoms with Crippen LogP contribution < -0.4 is 0 Å². The molecule has 1 rings (SSSR count). The van der Waals surface area contributed by atoms with Crippen molar-refractivity contribution in [3.8, 4) is 0 Å². The van der Waals surface area contributed by atoms with Crippen LogP contribution in [0.4, 0.5) is 11.4 Å². The van der Waals surface area contributed by atoms with Gasteiger partial charge in [-0.3, -0.25) is 30.3 Å². The topological polar surface area (TPSA) is 129 Å². The van der Waals surface area contributed by atoms with Gasteiger partial charge in [-0.25, -0.2) is 0 Å². The van der Waals surface area contributed by atoms with Gasteiger partial charge in [-0.05, 0) is 22.6 Å². The smallest absolute Gasteiger partial charge is 0.264 e. The highest BCUT2D eigenvalue weighted by molar-refractivity contribution is 14.1. The second-order valence-electron chi connectivity index (χ2n) is 2.93. The van der Waals surface area contributed by atoms with E-state index in [0.29, 0.717) is 0 Å². The van der Waals surface area contributed by atoms with Crippen molar-refractivity contribution in [3.05, 3.63) is 51.6 Å². The summed E-state index contributed by atoms with van der Waals surface area (Å²) in [5.41, 5.74) is -1.21. The number of nitro benzene ring substituents is 2. The molecule has 9 nitrogen and oxygen atoms in total. The third-order valence-electron chi connectivity index (χ3n) is 1.85. The van der Waals surface area contributed by atoms with Crippen LogP contribution in [0.15, 0.2) is 12.1 Å². The molecule has 0 bridgehead atoms. The van der Waals surface area contributed by atoms with Crippen LogP contribution >= 0.6 is 22.6 Å². The maximum atomic E-state index is 10.7. The first-order valence-electron chi connectivity index (χ1n) is 4.06. The van der Waals surface area contributed by atoms with E-state index in [0.717, 1.165) is 12.1 Å². The zero-order chi connectivity index (χ0) is 13.2. The van der Waals surface area contributed by atoms with Crippen molar-refractivity contribution in [3.63, 3.8) is 0 Å². The molecule has 90 valence electrons. The Balaban J connectivity index is 3.43. The second kappa shape index (κ2) is 4.99. The molecule has 0 aromatic heterocycles. The molecular weight excluding hydrogens is 349 g/mol. The van der Waals surface area contributed by atoms with Crippen molar-refractivity contribution in [1.29, 1.82) is 0 Å². The van der Waals surface area contributed by atoms with E-state index in [1.54, 1.807) is 22.6 Å². The number of hydrogen-bond acceptors (Lipinski definition) is 6. The Bertz CT molecular complexity index is 517. The fourth-order valence-corrected chi connectivity index (χ4v) is 1.93. The summed E-state index contributed by atoms with van der Waals surface area (Å²) in [5.74, 6) is 0. The molecule has 0 atom stereocenters. The van der Waals surface area contributed by atoms with Gasteiger partial charge in [0.1, 0.15) is 5.56 Å². The fraction of sp³-hybridized carbons (Fsp3) is 0.143. The predicted octanol–water partition coefficient (Wildman–Crippen LogP) is 1.88. The van der Waals surface area contributed by atoms with Gasteiger partial charge in [0.05, 0.1) is 15.9 Å². The maximum Gasteiger partial charge on any atom is 0.287 e. The summed E-state index contributed by atoms with van der Waals surface area (Å²) in [5, 5.41) is 31.6. The Morgan fingerprint density at radius 3 is 2.06 bits per heavy atom. The van der Waals surface area contributed by atoms with Crippen LogP contribution in [0.3, 0.4) is 0 Å². The summed E-state index contributed by atoms with van der Waals surface area (Å²) in [6.45, 7) is -0.743. The minimum Gasteiger partial charge on any atom is -0.264 e. The highest BCUT2D eigenvalue weighted by Gasteiger charge is 2.25. The van der Waals surface area contributed by atoms with E-state index in [9.17, 15) is 30.3 Å². The molecule has 0 saturated heterocycles. The number of hydrogen-bond donors (Lipinski definition) is 0. The molecule has 0 saturated carbocycles. The van der Waals surface area contributed by atoms with E-state index in [2.05, 4.69) is 0 Å². The summed E-state index contributed by atoms with van der Waals surface area (Å²) in [4.78, 5) is 29.2. The van der Waals surface area contributed by atoms with Crippen LogP contribution in [0.25, 0.3) is 0 Å². The third-order valence-corrected chi connectivity index (χ3v) is 2.81. The largest absolute Gasteiger partial charge is 0.287 e. The summed E-state index contributed by atoms with van der Waals surface area (Å²) >= 11 is 1.60. The first-order chi connectivity index (χ1) is 7.82. The molecule has 0 amide bonds. The van der Waals surface area contributed by atoms with E-state index in [1.807, 2.05) is 0 Å². The van der Waals surface area contributed by atoms with Gasteiger partial charge in [0.2, 0.25) is 6.54 Å². The van der Waals surface area contributed by atoms with Gasteiger partial charge < -0.3 is 0 Å². The van der Waals surface area contributed by atoms with Crippen LogP contribution in [0.2, 0.25) is 0 Å². The molecule has 0 N–H and O–H groups in total. The highest BCUT2D eigenvalue weighted by atomic mass is 127. The Kier molecular flexibility index (Phi) is 3.88. The normalized spacial score (nSPS) is 9.94. The van der Waals surface area contributed by atoms with Crippen LogP contribution in [0.5, 0.6) is 0 Å². The zero-order valence-corrected chi connectivity index (χ0v) is 10.2. The first kappa shape index (κ1) is 13.2. The third kappa shape index (κ3) is 3.05. The van der Waals surface area contributed by atoms with E-state index in [4.69, 9.17) is 0 Å². The van der Waals surface area contributed by atoms with E-state index < -0.39 is 32.7 Å². The minimum absolute atomic E-state index is 0.125. The monoisotopic (exact) mass is 353 g/mol. The lowest BCUT2D eigenvalue weighted by Crippen LogP contribution is -2.06. The number of rotatable bonds is 4. The summed E-state index contributed by atoms with van der Waals surface area (Å²) < 4.78 is 0.125. The summed E-state index contributed by atoms with van der Waals surface area (Å²) in [7, 11) is 0. The summed E-state index contributed by atoms with van der Waals surface area (Å²) in [6.07, 6.45) is 0. The van der Waals surface area contributed by atoms with Crippen molar-refractivity contribution in [2.24, 2.45) is 0 Å². The second-order valence-corrected chi connectivity index (χ2v) is 4.09. The molecule has 0 aliphatic heterocycles. The molecule has 1 aromatic carbocycles. The number of halogens is 1. The zero-order valence-electron chi connectivity index (χ0n) is 8.03. The van der Waals surface area contributed by atoms with Gasteiger partial charge >= 0.3 is 0 Å². The molecule has 0 spiro atoms. The Labute approximate surface area is 107 Å². The molecule has 0 radical (unpaired) electrons. The lowest BCUT2D eigenvalue weighted by Gasteiger charge is -2.01. The Hall–Kier alpha value is -1.85. The first-order valence-corrected chi connectivity index (χ1v) is 5.13. The number of non-ortho nitro benzene ring substituents is 1. The number of nitrogens with zero attached hydrogens (tertiary/aromatic N) is 3. The molecule has 10 heteroatoms. The van der Waals surface area contributed by atoms with Gasteiger partial charge in [-0.1, -0.05) is 0 Å². The fourth-order valence-electron chi connectivity index (χ4n) is 1.16. The number of nitro groups is 3. The number of benzene rings is 1. The van der Waals surface area contributed by atoms with Gasteiger partial charge in [0.25, 0.3) is 11.4 Å². The van der Waals surface area contributed by atoms with Crippen molar-refractivity contribution < 1.29 is 14.8 Å². The van der Waals surface area contributed by atoms with Crippen molar-refractivity contribution in [2.45, 2.75) is 6.54 Å². The van der Waals surface area contributed by atoms with Crippen molar-refractivity contribution >= 4 is 34.0 Å². The molecule has 0 unspecified atom stereocenters. The SMILES string of the molecule is O=[N+]([O-])Cc1c(I)cc([N+](=O)[O-])cc1[N+](=O)[O-]. The van der Waals surface area contributed by atoms with Gasteiger partial charge in [-0.2, -0.15) is 0 Å². The Morgan fingerprint density at radius 1 is 1.06 bits per heavy atom. The molecule has 17 heavy (non-hydrogen) atoms. The minimum atomic E-state index is -0.867. The van der Waals surface area contributed by atoms with Crippen LogP contribution in [-0.2, 0) is 6.54 Å². The van der Waals surface area contributed by atoms with Gasteiger partial charge in [0, 0.05) is 14.6 Å². The van der Waals surface area contributed by atoms with Gasteiger partial charge in [-0.15, -0.1) is 0 Å². The van der Waals surface area contributed by atoms with Crippen LogP contribution in [0.1, 0.15) is 5.56 Å². The van der Waals surface area contributed by atoms with Gasteiger partial charge in [0.15, 0.2) is 0 Å². The lowest BCUT2D eigenvalue weighted by molar-refractivity contribution is -0.498. The predicted molar refractivity (Wildman–Crippen MR) is 63.2 cm³/mol. The molecular formula is C7H4IN3O6. The Morgan fingerprint density at radius 2 is 1.65 bits per heavy atom. The van der Waals surface area contributed by atoms with E-state index in [1.165, 1.54) is 0 Å². The highest BCUT2D eigenvalue weighted by Crippen LogP contribution is 2.30. The average Bonchev–Trinajstić information content (AvgIpc) is 2.19. The quantitative estimate of drug-likeness (QED) is 0.462. The van der Waals surface area contributed by atoms with Crippen LogP contribution in [-0.4, -0.2) is 14.8 Å². The van der Waals surface area contributed by atoms with Crippen molar-refractivity contribution in [1.82, 2.24) is 0 Å².